The Balaban J connectivity index is 2.40. The van der Waals surface area contributed by atoms with Crippen LogP contribution in [0.2, 0.25) is 0 Å². The minimum Gasteiger partial charge on any atom is -0.310 e. The van der Waals surface area contributed by atoms with Crippen molar-refractivity contribution >= 4 is 16.3 Å². The minimum absolute atomic E-state index is 0.211. The molecule has 0 spiro atoms. The topological polar surface area (TPSA) is 58.4 Å². The maximum atomic E-state index is 10.6. The molecule has 1 N–H and O–H groups in total. The molecule has 1 aromatic rings. The molecule has 0 radical (unpaired) electrons. The van der Waals surface area contributed by atoms with Crippen molar-refractivity contribution < 1.29 is 4.92 Å². The molecule has 0 aromatic carbocycles. The highest BCUT2D eigenvalue weighted by atomic mass is 32.1. The van der Waals surface area contributed by atoms with Gasteiger partial charge in [0, 0.05) is 30.1 Å². The molecule has 1 atom stereocenters. The van der Waals surface area contributed by atoms with Crippen molar-refractivity contribution in [3.63, 3.8) is 0 Å². The third-order valence-corrected chi connectivity index (χ3v) is 4.02. The number of thiophene rings is 1. The van der Waals surface area contributed by atoms with E-state index in [9.17, 15) is 10.1 Å². The van der Waals surface area contributed by atoms with Gasteiger partial charge in [0.15, 0.2) is 0 Å². The number of likely N-dealkylation sites (N-methyl/N-ethyl adjacent to an activating group) is 1. The van der Waals surface area contributed by atoms with Crippen molar-refractivity contribution in [2.75, 3.05) is 20.6 Å². The average Bonchev–Trinajstić information content (AvgIpc) is 2.75. The lowest BCUT2D eigenvalue weighted by molar-refractivity contribution is -0.380. The van der Waals surface area contributed by atoms with Crippen LogP contribution in [0, 0.1) is 16.0 Å². The third-order valence-electron chi connectivity index (χ3n) is 2.98. The summed E-state index contributed by atoms with van der Waals surface area (Å²) in [4.78, 5) is 13.5. The van der Waals surface area contributed by atoms with E-state index < -0.39 is 0 Å². The lowest BCUT2D eigenvalue weighted by atomic mass is 10.0. The Bertz CT molecular complexity index is 404. The van der Waals surface area contributed by atoms with E-state index >= 15 is 0 Å². The van der Waals surface area contributed by atoms with Gasteiger partial charge in [-0.1, -0.05) is 25.2 Å². The normalized spacial score (nSPS) is 13.2. The first-order valence-electron chi connectivity index (χ1n) is 6.50. The SMILES string of the molecule is CC(C)CC(CNCc1ccc([N+](=O)[O-])s1)N(C)C. The van der Waals surface area contributed by atoms with E-state index in [2.05, 4.69) is 38.2 Å². The van der Waals surface area contributed by atoms with Gasteiger partial charge in [0.25, 0.3) is 0 Å². The fourth-order valence-electron chi connectivity index (χ4n) is 1.94. The van der Waals surface area contributed by atoms with Gasteiger partial charge in [-0.05, 0) is 32.5 Å². The molecule has 5 nitrogen and oxygen atoms in total. The van der Waals surface area contributed by atoms with E-state index in [1.54, 1.807) is 6.07 Å². The van der Waals surface area contributed by atoms with Crippen molar-refractivity contribution in [3.05, 3.63) is 27.1 Å². The van der Waals surface area contributed by atoms with Crippen LogP contribution in [0.25, 0.3) is 0 Å². The Labute approximate surface area is 118 Å². The number of hydrogen-bond donors (Lipinski definition) is 1. The Kier molecular flexibility index (Phi) is 6.41. The zero-order valence-corrected chi connectivity index (χ0v) is 12.9. The van der Waals surface area contributed by atoms with E-state index in [4.69, 9.17) is 0 Å². The molecule has 0 bridgehead atoms. The van der Waals surface area contributed by atoms with E-state index in [1.807, 2.05) is 6.07 Å². The first kappa shape index (κ1) is 16.1. The number of hydrogen-bond acceptors (Lipinski definition) is 5. The quantitative estimate of drug-likeness (QED) is 0.589. The molecule has 0 aliphatic rings. The lowest BCUT2D eigenvalue weighted by Gasteiger charge is -2.26. The van der Waals surface area contributed by atoms with Crippen LogP contribution in [0.1, 0.15) is 25.1 Å². The molecular weight excluding hydrogens is 262 g/mol. The molecule has 1 heterocycles. The minimum atomic E-state index is -0.338. The number of nitrogens with zero attached hydrogens (tertiary/aromatic N) is 2. The second-order valence-corrected chi connectivity index (χ2v) is 6.52. The fourth-order valence-corrected chi connectivity index (χ4v) is 2.73. The van der Waals surface area contributed by atoms with Gasteiger partial charge in [-0.2, -0.15) is 0 Å². The molecule has 6 heteroatoms. The summed E-state index contributed by atoms with van der Waals surface area (Å²) in [5.41, 5.74) is 0. The average molecular weight is 285 g/mol. The van der Waals surface area contributed by atoms with Gasteiger partial charge in [0.2, 0.25) is 0 Å². The summed E-state index contributed by atoms with van der Waals surface area (Å²) in [5, 5.41) is 14.2. The van der Waals surface area contributed by atoms with Crippen molar-refractivity contribution in [2.24, 2.45) is 5.92 Å². The molecular formula is C13H23N3O2S. The Morgan fingerprint density at radius 2 is 2.11 bits per heavy atom. The maximum Gasteiger partial charge on any atom is 0.324 e. The molecule has 1 unspecified atom stereocenters. The van der Waals surface area contributed by atoms with E-state index in [0.717, 1.165) is 17.8 Å². The highest BCUT2D eigenvalue weighted by molar-refractivity contribution is 7.15. The summed E-state index contributed by atoms with van der Waals surface area (Å²) in [5.74, 6) is 0.664. The molecule has 0 aliphatic heterocycles. The zero-order valence-electron chi connectivity index (χ0n) is 12.0. The standard InChI is InChI=1S/C13H23N3O2S/c1-10(2)7-11(15(3)4)8-14-9-12-5-6-13(19-12)16(17)18/h5-6,10-11,14H,7-9H2,1-4H3. The zero-order chi connectivity index (χ0) is 14.4. The van der Waals surface area contributed by atoms with Gasteiger partial charge in [-0.25, -0.2) is 0 Å². The monoisotopic (exact) mass is 285 g/mol. The van der Waals surface area contributed by atoms with E-state index in [-0.39, 0.29) is 9.92 Å². The van der Waals surface area contributed by atoms with Crippen molar-refractivity contribution in [2.45, 2.75) is 32.9 Å². The second-order valence-electron chi connectivity index (χ2n) is 5.37. The van der Waals surface area contributed by atoms with Crippen LogP contribution in [-0.2, 0) is 6.54 Å². The van der Waals surface area contributed by atoms with E-state index in [0.29, 0.717) is 18.5 Å². The van der Waals surface area contributed by atoms with Gasteiger partial charge < -0.3 is 10.2 Å². The largest absolute Gasteiger partial charge is 0.324 e. The Morgan fingerprint density at radius 3 is 2.58 bits per heavy atom. The van der Waals surface area contributed by atoms with Gasteiger partial charge >= 0.3 is 5.00 Å². The smallest absolute Gasteiger partial charge is 0.310 e. The highest BCUT2D eigenvalue weighted by Gasteiger charge is 2.14. The van der Waals surface area contributed by atoms with Gasteiger partial charge in [0.05, 0.1) is 4.92 Å². The van der Waals surface area contributed by atoms with Crippen LogP contribution in [-0.4, -0.2) is 36.5 Å². The predicted octanol–water partition coefficient (Wildman–Crippen LogP) is 2.72. The maximum absolute atomic E-state index is 10.6. The van der Waals surface area contributed by atoms with Crippen molar-refractivity contribution in [1.82, 2.24) is 10.2 Å². The van der Waals surface area contributed by atoms with Crippen LogP contribution < -0.4 is 5.32 Å². The summed E-state index contributed by atoms with van der Waals surface area (Å²) in [6, 6.07) is 3.89. The second kappa shape index (κ2) is 7.57. The van der Waals surface area contributed by atoms with Crippen LogP contribution in [0.3, 0.4) is 0 Å². The molecule has 19 heavy (non-hydrogen) atoms. The third kappa shape index (κ3) is 5.67. The summed E-state index contributed by atoms with van der Waals surface area (Å²) >= 11 is 1.24. The molecule has 0 saturated heterocycles. The summed E-state index contributed by atoms with van der Waals surface area (Å²) < 4.78 is 0. The highest BCUT2D eigenvalue weighted by Crippen LogP contribution is 2.23. The molecule has 0 fully saturated rings. The molecule has 0 aliphatic carbocycles. The molecule has 108 valence electrons. The first-order valence-corrected chi connectivity index (χ1v) is 7.32. The van der Waals surface area contributed by atoms with Crippen LogP contribution >= 0.6 is 11.3 Å². The van der Waals surface area contributed by atoms with Crippen LogP contribution in [0.5, 0.6) is 0 Å². The van der Waals surface area contributed by atoms with Gasteiger partial charge in [0.1, 0.15) is 0 Å². The molecule has 0 amide bonds. The summed E-state index contributed by atoms with van der Waals surface area (Å²) in [7, 11) is 4.18. The van der Waals surface area contributed by atoms with Crippen molar-refractivity contribution in [1.29, 1.82) is 0 Å². The number of nitrogens with one attached hydrogen (secondary N) is 1. The Hall–Kier alpha value is -0.980. The van der Waals surface area contributed by atoms with Gasteiger partial charge in [-0.3, -0.25) is 10.1 Å². The van der Waals surface area contributed by atoms with Crippen LogP contribution in [0.15, 0.2) is 12.1 Å². The fraction of sp³-hybridized carbons (Fsp3) is 0.692. The first-order chi connectivity index (χ1) is 8.90. The Morgan fingerprint density at radius 1 is 1.42 bits per heavy atom. The van der Waals surface area contributed by atoms with Gasteiger partial charge in [-0.15, -0.1) is 0 Å². The van der Waals surface area contributed by atoms with Crippen LogP contribution in [0.4, 0.5) is 5.00 Å². The molecule has 1 aromatic heterocycles. The van der Waals surface area contributed by atoms with Crippen molar-refractivity contribution in [3.8, 4) is 0 Å². The summed E-state index contributed by atoms with van der Waals surface area (Å²) in [6.45, 7) is 6.04. The number of nitro groups is 1. The predicted molar refractivity (Wildman–Crippen MR) is 79.6 cm³/mol. The molecule has 1 rings (SSSR count). The molecule has 0 saturated carbocycles. The van der Waals surface area contributed by atoms with E-state index in [1.165, 1.54) is 11.3 Å². The lowest BCUT2D eigenvalue weighted by Crippen LogP contribution is -2.38. The summed E-state index contributed by atoms with van der Waals surface area (Å²) in [6.07, 6.45) is 1.14. The number of rotatable bonds is 8.